The minimum Gasteiger partial charge on any atom is -0.496 e. The van der Waals surface area contributed by atoms with E-state index in [1.165, 1.54) is 6.92 Å². The molecule has 0 N–H and O–H groups in total. The summed E-state index contributed by atoms with van der Waals surface area (Å²) in [6.07, 6.45) is 0. The number of benzene rings is 4. The van der Waals surface area contributed by atoms with Crippen LogP contribution in [0.1, 0.15) is 38.8 Å². The van der Waals surface area contributed by atoms with Crippen LogP contribution in [-0.2, 0) is 0 Å². The van der Waals surface area contributed by atoms with Crippen LogP contribution in [0.4, 0.5) is 0 Å². The van der Waals surface area contributed by atoms with Crippen molar-refractivity contribution in [1.82, 2.24) is 0 Å². The Labute approximate surface area is 210 Å². The highest BCUT2D eigenvalue weighted by molar-refractivity contribution is 5.94. The lowest BCUT2D eigenvalue weighted by molar-refractivity contribution is 0.0733. The molecule has 182 valence electrons. The second-order valence-corrected chi connectivity index (χ2v) is 8.26. The summed E-state index contributed by atoms with van der Waals surface area (Å²) in [5.41, 5.74) is 2.74. The molecule has 4 aromatic carbocycles. The molecule has 0 fully saturated rings. The van der Waals surface area contributed by atoms with Gasteiger partial charge >= 0.3 is 5.97 Å². The maximum absolute atomic E-state index is 12.7. The third-order valence-corrected chi connectivity index (χ3v) is 5.54. The van der Waals surface area contributed by atoms with Crippen molar-refractivity contribution < 1.29 is 28.5 Å². The summed E-state index contributed by atoms with van der Waals surface area (Å²) in [7, 11) is 1.63. The van der Waals surface area contributed by atoms with Gasteiger partial charge in [-0.15, -0.1) is 0 Å². The molecule has 0 heterocycles. The number of hydrogen-bond acceptors (Lipinski definition) is 6. The van der Waals surface area contributed by atoms with Crippen LogP contribution in [0.5, 0.6) is 34.5 Å². The van der Waals surface area contributed by atoms with Gasteiger partial charge in [0.15, 0.2) is 5.78 Å². The summed E-state index contributed by atoms with van der Waals surface area (Å²) in [6, 6.07) is 24.4. The lowest BCUT2D eigenvalue weighted by Gasteiger charge is -2.12. The van der Waals surface area contributed by atoms with Crippen molar-refractivity contribution in [2.24, 2.45) is 0 Å². The Bertz CT molecular complexity index is 1390. The van der Waals surface area contributed by atoms with Crippen LogP contribution in [0.3, 0.4) is 0 Å². The maximum Gasteiger partial charge on any atom is 0.343 e. The molecule has 4 aromatic rings. The largest absolute Gasteiger partial charge is 0.496 e. The highest BCUT2D eigenvalue weighted by atomic mass is 16.5. The summed E-state index contributed by atoms with van der Waals surface area (Å²) in [5.74, 6) is 3.24. The average molecular weight is 483 g/mol. The molecular weight excluding hydrogens is 456 g/mol. The molecule has 0 spiro atoms. The quantitative estimate of drug-likeness (QED) is 0.149. The van der Waals surface area contributed by atoms with Crippen molar-refractivity contribution in [2.45, 2.75) is 20.8 Å². The minimum atomic E-state index is -0.477. The van der Waals surface area contributed by atoms with E-state index in [2.05, 4.69) is 0 Å². The molecule has 4 rings (SSSR count). The zero-order valence-corrected chi connectivity index (χ0v) is 20.5. The molecule has 0 unspecified atom stereocenters. The Balaban J connectivity index is 1.38. The van der Waals surface area contributed by atoms with E-state index >= 15 is 0 Å². The summed E-state index contributed by atoms with van der Waals surface area (Å²) in [6.45, 7) is 5.31. The molecule has 0 aliphatic carbocycles. The first-order valence-electron chi connectivity index (χ1n) is 11.4. The Kier molecular flexibility index (Phi) is 7.35. The Morgan fingerprint density at radius 2 is 1.03 bits per heavy atom. The molecule has 0 atom stereocenters. The van der Waals surface area contributed by atoms with Gasteiger partial charge in [0.2, 0.25) is 0 Å². The zero-order chi connectivity index (χ0) is 25.7. The molecular formula is C30H26O6. The number of aryl methyl sites for hydroxylation is 2. The van der Waals surface area contributed by atoms with Gasteiger partial charge in [0.25, 0.3) is 0 Å². The molecule has 0 bridgehead atoms. The maximum atomic E-state index is 12.7. The van der Waals surface area contributed by atoms with Crippen molar-refractivity contribution >= 4 is 11.8 Å². The smallest absolute Gasteiger partial charge is 0.343 e. The van der Waals surface area contributed by atoms with Crippen molar-refractivity contribution in [3.05, 3.63) is 107 Å². The van der Waals surface area contributed by atoms with Gasteiger partial charge in [0, 0.05) is 5.56 Å². The van der Waals surface area contributed by atoms with Crippen LogP contribution in [-0.4, -0.2) is 18.9 Å². The van der Waals surface area contributed by atoms with Gasteiger partial charge in [-0.05, 0) is 117 Å². The van der Waals surface area contributed by atoms with E-state index in [1.807, 2.05) is 38.1 Å². The normalized spacial score (nSPS) is 10.4. The fourth-order valence-corrected chi connectivity index (χ4v) is 3.56. The van der Waals surface area contributed by atoms with Crippen LogP contribution in [0.15, 0.2) is 84.9 Å². The molecule has 6 nitrogen and oxygen atoms in total. The lowest BCUT2D eigenvalue weighted by Crippen LogP contribution is -2.09. The van der Waals surface area contributed by atoms with Gasteiger partial charge in [-0.1, -0.05) is 0 Å². The van der Waals surface area contributed by atoms with E-state index in [4.69, 9.17) is 18.9 Å². The molecule has 0 saturated carbocycles. The number of carbonyl (C=O) groups excluding carboxylic acids is 2. The Morgan fingerprint density at radius 3 is 1.50 bits per heavy atom. The first-order chi connectivity index (χ1) is 17.3. The minimum absolute atomic E-state index is 0.00543. The van der Waals surface area contributed by atoms with E-state index in [-0.39, 0.29) is 5.78 Å². The number of esters is 1. The van der Waals surface area contributed by atoms with Crippen LogP contribution in [0, 0.1) is 13.8 Å². The topological polar surface area (TPSA) is 71.1 Å². The fourth-order valence-electron chi connectivity index (χ4n) is 3.56. The van der Waals surface area contributed by atoms with Crippen LogP contribution < -0.4 is 18.9 Å². The van der Waals surface area contributed by atoms with Crippen LogP contribution >= 0.6 is 0 Å². The first-order valence-corrected chi connectivity index (χ1v) is 11.4. The Morgan fingerprint density at radius 1 is 0.583 bits per heavy atom. The fraction of sp³-hybridized carbons (Fsp3) is 0.133. The average Bonchev–Trinajstić information content (AvgIpc) is 2.86. The van der Waals surface area contributed by atoms with Crippen LogP contribution in [0.2, 0.25) is 0 Å². The monoisotopic (exact) mass is 482 g/mol. The SMILES string of the molecule is COc1ccc(Oc2ccc(OC(=O)c3ccc(Oc4ccc(C(C)=O)cc4)cc3)c(C)c2)cc1C. The molecule has 0 radical (unpaired) electrons. The molecule has 0 aromatic heterocycles. The number of methoxy groups -OCH3 is 1. The first kappa shape index (κ1) is 24.5. The number of ether oxygens (including phenoxy) is 4. The zero-order valence-electron chi connectivity index (χ0n) is 20.5. The van der Waals surface area contributed by atoms with Gasteiger partial charge < -0.3 is 18.9 Å². The predicted octanol–water partition coefficient (Wildman–Crippen LogP) is 7.32. The lowest BCUT2D eigenvalue weighted by atomic mass is 10.1. The summed E-state index contributed by atoms with van der Waals surface area (Å²) in [5, 5.41) is 0. The van der Waals surface area contributed by atoms with Crippen molar-refractivity contribution in [2.75, 3.05) is 7.11 Å². The van der Waals surface area contributed by atoms with Gasteiger partial charge in [0.05, 0.1) is 12.7 Å². The third-order valence-electron chi connectivity index (χ3n) is 5.54. The highest BCUT2D eigenvalue weighted by Crippen LogP contribution is 2.30. The Hall–Kier alpha value is -4.58. The highest BCUT2D eigenvalue weighted by Gasteiger charge is 2.12. The predicted molar refractivity (Wildman–Crippen MR) is 137 cm³/mol. The van der Waals surface area contributed by atoms with Crippen molar-refractivity contribution in [1.29, 1.82) is 0 Å². The molecule has 6 heteroatoms. The van der Waals surface area contributed by atoms with E-state index in [9.17, 15) is 9.59 Å². The van der Waals surface area contributed by atoms with Crippen LogP contribution in [0.25, 0.3) is 0 Å². The second kappa shape index (κ2) is 10.8. The summed E-state index contributed by atoms with van der Waals surface area (Å²) >= 11 is 0. The number of ketones is 1. The number of hydrogen-bond donors (Lipinski definition) is 0. The number of carbonyl (C=O) groups is 2. The van der Waals surface area contributed by atoms with Gasteiger partial charge in [-0.2, -0.15) is 0 Å². The molecule has 0 aliphatic heterocycles. The molecule has 0 aliphatic rings. The third kappa shape index (κ3) is 5.91. The van der Waals surface area contributed by atoms with Gasteiger partial charge in [-0.3, -0.25) is 4.79 Å². The summed E-state index contributed by atoms with van der Waals surface area (Å²) in [4.78, 5) is 24.1. The number of Topliss-reactive ketones (excluding diaryl/α,β-unsaturated/α-hetero) is 1. The number of rotatable bonds is 8. The van der Waals surface area contributed by atoms with E-state index in [0.29, 0.717) is 39.9 Å². The van der Waals surface area contributed by atoms with E-state index < -0.39 is 5.97 Å². The van der Waals surface area contributed by atoms with Gasteiger partial charge in [0.1, 0.15) is 34.5 Å². The van der Waals surface area contributed by atoms with Gasteiger partial charge in [-0.25, -0.2) is 4.79 Å². The summed E-state index contributed by atoms with van der Waals surface area (Å²) < 4.78 is 22.6. The van der Waals surface area contributed by atoms with Crippen molar-refractivity contribution in [3.8, 4) is 34.5 Å². The second-order valence-electron chi connectivity index (χ2n) is 8.26. The molecule has 0 amide bonds. The van der Waals surface area contributed by atoms with E-state index in [1.54, 1.807) is 67.8 Å². The van der Waals surface area contributed by atoms with E-state index in [0.717, 1.165) is 16.9 Å². The standard InChI is InChI=1S/C30H26O6/c1-19-17-26(13-15-28(19)33-4)35-27-14-16-29(20(2)18-27)36-30(32)23-7-11-25(12-8-23)34-24-9-5-22(6-10-24)21(3)31/h5-18H,1-4H3. The molecule has 36 heavy (non-hydrogen) atoms. The van der Waals surface area contributed by atoms with Crippen molar-refractivity contribution in [3.63, 3.8) is 0 Å². The molecule has 0 saturated heterocycles.